The molecular formula is C15H19NO4. The predicted molar refractivity (Wildman–Crippen MR) is 73.0 cm³/mol. The van der Waals surface area contributed by atoms with Crippen molar-refractivity contribution in [3.05, 3.63) is 35.9 Å². The lowest BCUT2D eigenvalue weighted by atomic mass is 9.83. The van der Waals surface area contributed by atoms with E-state index >= 15 is 0 Å². The summed E-state index contributed by atoms with van der Waals surface area (Å²) in [6.07, 6.45) is 0.730. The fourth-order valence-electron chi connectivity index (χ4n) is 2.25. The molecule has 1 aliphatic heterocycles. The molecule has 0 bridgehead atoms. The van der Waals surface area contributed by atoms with Crippen molar-refractivity contribution in [2.45, 2.75) is 25.8 Å². The van der Waals surface area contributed by atoms with E-state index < -0.39 is 11.5 Å². The first kappa shape index (κ1) is 14.5. The van der Waals surface area contributed by atoms with Gasteiger partial charge in [-0.25, -0.2) is 4.79 Å². The lowest BCUT2D eigenvalue weighted by Gasteiger charge is -2.39. The highest BCUT2D eigenvalue weighted by atomic mass is 16.7. The van der Waals surface area contributed by atoms with Gasteiger partial charge in [0, 0.05) is 5.56 Å². The molecule has 0 aromatic heterocycles. The zero-order valence-corrected chi connectivity index (χ0v) is 11.7. The number of cyclic esters (lactones) is 1. The molecule has 0 unspecified atom stereocenters. The van der Waals surface area contributed by atoms with Crippen LogP contribution in [0.1, 0.15) is 30.6 Å². The summed E-state index contributed by atoms with van der Waals surface area (Å²) in [6.45, 7) is 3.95. The fourth-order valence-corrected chi connectivity index (χ4v) is 2.25. The number of ether oxygens (including phenoxy) is 2. The number of benzene rings is 1. The second-order valence-corrected chi connectivity index (χ2v) is 5.00. The van der Waals surface area contributed by atoms with Gasteiger partial charge in [-0.05, 0) is 18.1 Å². The van der Waals surface area contributed by atoms with Gasteiger partial charge in [0.15, 0.2) is 12.3 Å². The lowest BCUT2D eigenvalue weighted by molar-refractivity contribution is -0.189. The summed E-state index contributed by atoms with van der Waals surface area (Å²) in [7, 11) is 0. The normalized spacial score (nSPS) is 23.8. The van der Waals surface area contributed by atoms with Crippen LogP contribution in [0.5, 0.6) is 0 Å². The summed E-state index contributed by atoms with van der Waals surface area (Å²) in [6, 6.07) is 8.80. The number of esters is 1. The third-order valence-electron chi connectivity index (χ3n) is 3.79. The number of carbonyl (C=O) groups is 2. The largest absolute Gasteiger partial charge is 0.437 e. The monoisotopic (exact) mass is 277 g/mol. The first-order valence-electron chi connectivity index (χ1n) is 6.72. The molecule has 108 valence electrons. The van der Waals surface area contributed by atoms with Crippen LogP contribution in [0.4, 0.5) is 0 Å². The minimum atomic E-state index is -1.11. The van der Waals surface area contributed by atoms with Crippen LogP contribution in [-0.2, 0) is 14.3 Å². The van der Waals surface area contributed by atoms with E-state index in [4.69, 9.17) is 9.47 Å². The Kier molecular flexibility index (Phi) is 4.39. The van der Waals surface area contributed by atoms with E-state index in [9.17, 15) is 9.59 Å². The van der Waals surface area contributed by atoms with Gasteiger partial charge >= 0.3 is 5.97 Å². The zero-order chi connectivity index (χ0) is 14.6. The van der Waals surface area contributed by atoms with Crippen molar-refractivity contribution in [3.8, 4) is 0 Å². The number of nitrogens with one attached hydrogen (secondary N) is 1. The van der Waals surface area contributed by atoms with E-state index in [1.807, 2.05) is 19.9 Å². The SMILES string of the molecule is CC[C@H](C)[C@@]1(NC(=O)c2ccccc2)COCOC1=O. The van der Waals surface area contributed by atoms with Crippen LogP contribution >= 0.6 is 0 Å². The van der Waals surface area contributed by atoms with Crippen molar-refractivity contribution < 1.29 is 19.1 Å². The third-order valence-corrected chi connectivity index (χ3v) is 3.79. The van der Waals surface area contributed by atoms with Gasteiger partial charge in [0.1, 0.15) is 0 Å². The molecule has 2 atom stereocenters. The second-order valence-electron chi connectivity index (χ2n) is 5.00. The van der Waals surface area contributed by atoms with E-state index in [-0.39, 0.29) is 25.2 Å². The van der Waals surface area contributed by atoms with Crippen molar-refractivity contribution in [3.63, 3.8) is 0 Å². The average Bonchev–Trinajstić information content (AvgIpc) is 2.49. The van der Waals surface area contributed by atoms with Crippen LogP contribution < -0.4 is 5.32 Å². The molecule has 1 fully saturated rings. The summed E-state index contributed by atoms with van der Waals surface area (Å²) in [4.78, 5) is 24.5. The molecule has 0 spiro atoms. The zero-order valence-electron chi connectivity index (χ0n) is 11.7. The molecule has 20 heavy (non-hydrogen) atoms. The van der Waals surface area contributed by atoms with Crippen LogP contribution in [0.25, 0.3) is 0 Å². The Balaban J connectivity index is 2.24. The molecule has 2 rings (SSSR count). The predicted octanol–water partition coefficient (Wildman–Crippen LogP) is 1.73. The fraction of sp³-hybridized carbons (Fsp3) is 0.467. The first-order valence-corrected chi connectivity index (χ1v) is 6.72. The lowest BCUT2D eigenvalue weighted by Crippen LogP contribution is -2.64. The van der Waals surface area contributed by atoms with Gasteiger partial charge in [-0.15, -0.1) is 0 Å². The molecule has 0 saturated carbocycles. The second kappa shape index (κ2) is 6.05. The maximum Gasteiger partial charge on any atom is 0.336 e. The molecule has 1 N–H and O–H groups in total. The van der Waals surface area contributed by atoms with E-state index in [1.54, 1.807) is 24.3 Å². The number of rotatable bonds is 4. The van der Waals surface area contributed by atoms with E-state index in [2.05, 4.69) is 5.32 Å². The minimum absolute atomic E-state index is 0.0573. The van der Waals surface area contributed by atoms with E-state index in [0.29, 0.717) is 5.56 Å². The molecule has 0 radical (unpaired) electrons. The Hall–Kier alpha value is -1.88. The van der Waals surface area contributed by atoms with Gasteiger partial charge in [-0.2, -0.15) is 0 Å². The quantitative estimate of drug-likeness (QED) is 0.851. The summed E-state index contributed by atoms with van der Waals surface area (Å²) in [5, 5.41) is 2.81. The number of hydrogen-bond donors (Lipinski definition) is 1. The molecule has 1 amide bonds. The van der Waals surface area contributed by atoms with Gasteiger partial charge in [0.25, 0.3) is 5.91 Å². The molecule has 1 aromatic rings. The smallest absolute Gasteiger partial charge is 0.336 e. The molecule has 1 saturated heterocycles. The molecule has 5 nitrogen and oxygen atoms in total. The standard InChI is InChI=1S/C15H19NO4/c1-3-11(2)15(9-19-10-20-14(15)18)16-13(17)12-7-5-4-6-8-12/h4-8,11H,3,9-10H2,1-2H3,(H,16,17)/t11-,15-/m0/s1. The van der Waals surface area contributed by atoms with Gasteiger partial charge in [-0.3, -0.25) is 4.79 Å². The first-order chi connectivity index (χ1) is 9.60. The molecule has 0 aliphatic carbocycles. The van der Waals surface area contributed by atoms with Crippen molar-refractivity contribution in [1.29, 1.82) is 0 Å². The van der Waals surface area contributed by atoms with Crippen molar-refractivity contribution in [2.24, 2.45) is 5.92 Å². The topological polar surface area (TPSA) is 64.6 Å². The Morgan fingerprint density at radius 1 is 1.40 bits per heavy atom. The van der Waals surface area contributed by atoms with Gasteiger partial charge < -0.3 is 14.8 Å². The highest BCUT2D eigenvalue weighted by Gasteiger charge is 2.48. The van der Waals surface area contributed by atoms with Gasteiger partial charge in [-0.1, -0.05) is 38.5 Å². The maximum absolute atomic E-state index is 12.3. The highest BCUT2D eigenvalue weighted by Crippen LogP contribution is 2.26. The van der Waals surface area contributed by atoms with Crippen LogP contribution in [0.15, 0.2) is 30.3 Å². The summed E-state index contributed by atoms with van der Waals surface area (Å²) < 4.78 is 10.2. The van der Waals surface area contributed by atoms with Gasteiger partial charge in [0.05, 0.1) is 6.61 Å². The van der Waals surface area contributed by atoms with Crippen LogP contribution in [0.2, 0.25) is 0 Å². The average molecular weight is 277 g/mol. The Morgan fingerprint density at radius 3 is 2.70 bits per heavy atom. The van der Waals surface area contributed by atoms with Crippen molar-refractivity contribution >= 4 is 11.9 Å². The summed E-state index contributed by atoms with van der Waals surface area (Å²) >= 11 is 0. The summed E-state index contributed by atoms with van der Waals surface area (Å²) in [5.74, 6) is -0.807. The minimum Gasteiger partial charge on any atom is -0.437 e. The third kappa shape index (κ3) is 2.67. The maximum atomic E-state index is 12.3. The van der Waals surface area contributed by atoms with Crippen molar-refractivity contribution in [2.75, 3.05) is 13.4 Å². The molecule has 1 aromatic carbocycles. The molecule has 1 aliphatic rings. The molecule has 5 heteroatoms. The van der Waals surface area contributed by atoms with Crippen molar-refractivity contribution in [1.82, 2.24) is 5.32 Å². The van der Waals surface area contributed by atoms with Gasteiger partial charge in [0.2, 0.25) is 0 Å². The number of amides is 1. The van der Waals surface area contributed by atoms with Crippen LogP contribution in [0.3, 0.4) is 0 Å². The highest BCUT2D eigenvalue weighted by molar-refractivity contribution is 5.98. The molecular weight excluding hydrogens is 258 g/mol. The number of carbonyl (C=O) groups excluding carboxylic acids is 2. The Labute approximate surface area is 118 Å². The number of hydrogen-bond acceptors (Lipinski definition) is 4. The summed E-state index contributed by atoms with van der Waals surface area (Å²) in [5.41, 5.74) is -0.603. The Bertz CT molecular complexity index is 488. The van der Waals surface area contributed by atoms with Crippen LogP contribution in [-0.4, -0.2) is 30.8 Å². The molecule has 1 heterocycles. The van der Waals surface area contributed by atoms with E-state index in [1.165, 1.54) is 0 Å². The van der Waals surface area contributed by atoms with Crippen LogP contribution in [0, 0.1) is 5.92 Å². The Morgan fingerprint density at radius 2 is 2.10 bits per heavy atom. The van der Waals surface area contributed by atoms with E-state index in [0.717, 1.165) is 6.42 Å².